The zero-order chi connectivity index (χ0) is 21.5. The summed E-state index contributed by atoms with van der Waals surface area (Å²) in [4.78, 5) is 15.2. The number of benzene rings is 2. The smallest absolute Gasteiger partial charge is 0.253 e. The molecule has 1 amide bonds. The second kappa shape index (κ2) is 7.65. The van der Waals surface area contributed by atoms with Crippen LogP contribution in [0.25, 0.3) is 0 Å². The maximum atomic E-state index is 14.0. The van der Waals surface area contributed by atoms with Gasteiger partial charge in [-0.05, 0) is 23.1 Å². The summed E-state index contributed by atoms with van der Waals surface area (Å²) in [5, 5.41) is 0. The minimum atomic E-state index is -2.18. The van der Waals surface area contributed by atoms with Crippen molar-refractivity contribution >= 4 is 11.6 Å². The molecular formula is C21H21F5N2O. The maximum absolute atomic E-state index is 14.0. The van der Waals surface area contributed by atoms with E-state index in [2.05, 4.69) is 20.8 Å². The molecule has 3 rings (SSSR count). The maximum Gasteiger partial charge on any atom is 0.253 e. The van der Waals surface area contributed by atoms with Crippen LogP contribution in [0.15, 0.2) is 24.3 Å². The lowest BCUT2D eigenvalue weighted by Crippen LogP contribution is -2.49. The summed E-state index contributed by atoms with van der Waals surface area (Å²) < 4.78 is 68.1. The molecule has 0 bridgehead atoms. The molecule has 0 spiro atoms. The Labute approximate surface area is 165 Å². The molecule has 3 nitrogen and oxygen atoms in total. The Morgan fingerprint density at radius 3 is 1.66 bits per heavy atom. The van der Waals surface area contributed by atoms with Crippen LogP contribution in [0.4, 0.5) is 27.6 Å². The average Bonchev–Trinajstić information content (AvgIpc) is 2.70. The summed E-state index contributed by atoms with van der Waals surface area (Å²) in [5.41, 5.74) is 0.539. The number of carbonyl (C=O) groups is 1. The Morgan fingerprint density at radius 1 is 0.759 bits per heavy atom. The number of hydrogen-bond donors (Lipinski definition) is 0. The topological polar surface area (TPSA) is 23.6 Å². The van der Waals surface area contributed by atoms with E-state index in [0.29, 0.717) is 5.56 Å². The Hall–Kier alpha value is -2.64. The highest BCUT2D eigenvalue weighted by atomic mass is 19.2. The molecule has 0 aromatic heterocycles. The zero-order valence-corrected chi connectivity index (χ0v) is 16.3. The summed E-state index contributed by atoms with van der Waals surface area (Å²) in [6.07, 6.45) is 0. The van der Waals surface area contributed by atoms with Gasteiger partial charge in [-0.1, -0.05) is 32.9 Å². The van der Waals surface area contributed by atoms with Gasteiger partial charge in [0.15, 0.2) is 23.3 Å². The third kappa shape index (κ3) is 3.93. The van der Waals surface area contributed by atoms with E-state index >= 15 is 0 Å². The molecular weight excluding hydrogens is 391 g/mol. The van der Waals surface area contributed by atoms with E-state index in [0.717, 1.165) is 10.5 Å². The van der Waals surface area contributed by atoms with E-state index in [4.69, 9.17) is 0 Å². The van der Waals surface area contributed by atoms with Crippen molar-refractivity contribution in [1.29, 1.82) is 0 Å². The third-order valence-corrected chi connectivity index (χ3v) is 5.07. The van der Waals surface area contributed by atoms with E-state index in [1.54, 1.807) is 12.1 Å². The standard InChI is InChI=1S/C21H21F5N2O/c1-21(2,3)13-6-4-12(5-7-13)20(29)28-10-8-27(9-11-28)19-17(25)15(23)14(22)16(24)18(19)26/h4-7H,8-11H2,1-3H3. The molecule has 0 saturated carbocycles. The van der Waals surface area contributed by atoms with Crippen molar-refractivity contribution in [3.63, 3.8) is 0 Å². The van der Waals surface area contributed by atoms with Crippen molar-refractivity contribution in [2.24, 2.45) is 0 Å². The molecule has 2 aromatic carbocycles. The van der Waals surface area contributed by atoms with Crippen LogP contribution in [-0.4, -0.2) is 37.0 Å². The number of hydrogen-bond acceptors (Lipinski definition) is 2. The Bertz CT molecular complexity index is 901. The lowest BCUT2D eigenvalue weighted by molar-refractivity contribution is 0.0746. The van der Waals surface area contributed by atoms with Crippen LogP contribution < -0.4 is 4.90 Å². The van der Waals surface area contributed by atoms with Gasteiger partial charge in [-0.2, -0.15) is 0 Å². The van der Waals surface area contributed by atoms with Gasteiger partial charge in [0.05, 0.1) is 0 Å². The van der Waals surface area contributed by atoms with Crippen molar-refractivity contribution in [3.05, 3.63) is 64.5 Å². The van der Waals surface area contributed by atoms with E-state index < -0.39 is 34.8 Å². The fourth-order valence-corrected chi connectivity index (χ4v) is 3.30. The quantitative estimate of drug-likeness (QED) is 0.408. The molecule has 0 unspecified atom stereocenters. The van der Waals surface area contributed by atoms with Gasteiger partial charge >= 0.3 is 0 Å². The Morgan fingerprint density at radius 2 is 1.21 bits per heavy atom. The minimum absolute atomic E-state index is 0.0514. The summed E-state index contributed by atoms with van der Waals surface area (Å²) in [7, 11) is 0. The van der Waals surface area contributed by atoms with Gasteiger partial charge in [0.2, 0.25) is 5.82 Å². The van der Waals surface area contributed by atoms with E-state index in [1.807, 2.05) is 12.1 Å². The van der Waals surface area contributed by atoms with Gasteiger partial charge in [0.1, 0.15) is 5.69 Å². The predicted molar refractivity (Wildman–Crippen MR) is 99.5 cm³/mol. The van der Waals surface area contributed by atoms with Crippen LogP contribution in [0.3, 0.4) is 0 Å². The van der Waals surface area contributed by atoms with Gasteiger partial charge in [-0.3, -0.25) is 4.79 Å². The van der Waals surface area contributed by atoms with Gasteiger partial charge in [0.25, 0.3) is 5.91 Å². The average molecular weight is 412 g/mol. The van der Waals surface area contributed by atoms with Gasteiger partial charge < -0.3 is 9.80 Å². The van der Waals surface area contributed by atoms with Crippen molar-refractivity contribution in [3.8, 4) is 0 Å². The molecule has 0 N–H and O–H groups in total. The van der Waals surface area contributed by atoms with Gasteiger partial charge in [-0.25, -0.2) is 22.0 Å². The number of rotatable bonds is 2. The molecule has 0 radical (unpaired) electrons. The lowest BCUT2D eigenvalue weighted by atomic mass is 9.86. The van der Waals surface area contributed by atoms with Crippen LogP contribution in [0.5, 0.6) is 0 Å². The monoisotopic (exact) mass is 412 g/mol. The Kier molecular flexibility index (Phi) is 5.56. The number of halogens is 5. The second-order valence-electron chi connectivity index (χ2n) is 8.03. The van der Waals surface area contributed by atoms with Crippen LogP contribution in [0.1, 0.15) is 36.7 Å². The molecule has 0 aliphatic carbocycles. The fraction of sp³-hybridized carbons (Fsp3) is 0.381. The van der Waals surface area contributed by atoms with E-state index in [9.17, 15) is 26.7 Å². The molecule has 1 aliphatic heterocycles. The zero-order valence-electron chi connectivity index (χ0n) is 16.3. The highest BCUT2D eigenvalue weighted by Gasteiger charge is 2.31. The van der Waals surface area contributed by atoms with Crippen molar-refractivity contribution < 1.29 is 26.7 Å². The number of carbonyl (C=O) groups excluding carboxylic acids is 1. The molecule has 0 atom stereocenters. The predicted octanol–water partition coefficient (Wildman–Crippen LogP) is 4.64. The molecule has 29 heavy (non-hydrogen) atoms. The Balaban J connectivity index is 1.74. The first-order valence-corrected chi connectivity index (χ1v) is 9.18. The van der Waals surface area contributed by atoms with Crippen LogP contribution in [0.2, 0.25) is 0 Å². The molecule has 2 aromatic rings. The molecule has 1 aliphatic rings. The number of amides is 1. The molecule has 1 saturated heterocycles. The summed E-state index contributed by atoms with van der Waals surface area (Å²) >= 11 is 0. The van der Waals surface area contributed by atoms with Crippen molar-refractivity contribution in [2.75, 3.05) is 31.1 Å². The van der Waals surface area contributed by atoms with Gasteiger partial charge in [0, 0.05) is 31.7 Å². The number of nitrogens with zero attached hydrogens (tertiary/aromatic N) is 2. The van der Waals surface area contributed by atoms with Gasteiger partial charge in [-0.15, -0.1) is 0 Å². The number of anilines is 1. The summed E-state index contributed by atoms with van der Waals surface area (Å²) in [5.74, 6) is -10.1. The number of piperazine rings is 1. The first kappa shape index (κ1) is 21.1. The van der Waals surface area contributed by atoms with E-state index in [-0.39, 0.29) is 37.5 Å². The lowest BCUT2D eigenvalue weighted by Gasteiger charge is -2.36. The summed E-state index contributed by atoms with van der Waals surface area (Å²) in [6, 6.07) is 7.19. The van der Waals surface area contributed by atoms with Crippen LogP contribution >= 0.6 is 0 Å². The summed E-state index contributed by atoms with van der Waals surface area (Å²) in [6.45, 7) is 6.26. The van der Waals surface area contributed by atoms with Crippen LogP contribution in [-0.2, 0) is 5.41 Å². The van der Waals surface area contributed by atoms with Crippen molar-refractivity contribution in [1.82, 2.24) is 4.90 Å². The normalized spacial score (nSPS) is 15.0. The third-order valence-electron chi connectivity index (χ3n) is 5.07. The highest BCUT2D eigenvalue weighted by molar-refractivity contribution is 5.94. The SMILES string of the molecule is CC(C)(C)c1ccc(C(=O)N2CCN(c3c(F)c(F)c(F)c(F)c3F)CC2)cc1. The minimum Gasteiger partial charge on any atom is -0.363 e. The second-order valence-corrected chi connectivity index (χ2v) is 8.03. The highest BCUT2D eigenvalue weighted by Crippen LogP contribution is 2.31. The van der Waals surface area contributed by atoms with E-state index in [1.165, 1.54) is 4.90 Å². The largest absolute Gasteiger partial charge is 0.363 e. The molecule has 1 heterocycles. The van der Waals surface area contributed by atoms with Crippen molar-refractivity contribution in [2.45, 2.75) is 26.2 Å². The molecule has 156 valence electrons. The molecule has 8 heteroatoms. The first-order chi connectivity index (χ1) is 13.5. The van der Waals surface area contributed by atoms with Crippen LogP contribution in [0, 0.1) is 29.1 Å². The molecule has 1 fully saturated rings. The first-order valence-electron chi connectivity index (χ1n) is 9.18. The fourth-order valence-electron chi connectivity index (χ4n) is 3.30.